The molecule has 1 aromatic heterocycles. The highest BCUT2D eigenvalue weighted by Gasteiger charge is 2.15. The minimum absolute atomic E-state index is 0.0697. The number of carbonyl (C=O) groups is 2. The number of hydrogen-bond donors (Lipinski definition) is 3. The average Bonchev–Trinajstić information content (AvgIpc) is 2.94. The lowest BCUT2D eigenvalue weighted by Gasteiger charge is -2.14. The van der Waals surface area contributed by atoms with Crippen LogP contribution in [0.1, 0.15) is 28.9 Å². The molecule has 0 spiro atoms. The molecule has 3 N–H and O–H groups in total. The van der Waals surface area contributed by atoms with Crippen molar-refractivity contribution in [2.45, 2.75) is 13.0 Å². The number of carboxylic acids is 1. The predicted molar refractivity (Wildman–Crippen MR) is 91.0 cm³/mol. The van der Waals surface area contributed by atoms with Crippen molar-refractivity contribution in [1.82, 2.24) is 5.32 Å². The van der Waals surface area contributed by atoms with Gasteiger partial charge < -0.3 is 15.7 Å². The van der Waals surface area contributed by atoms with Gasteiger partial charge in [0.25, 0.3) is 0 Å². The summed E-state index contributed by atoms with van der Waals surface area (Å²) in [6, 6.07) is 6.19. The summed E-state index contributed by atoms with van der Waals surface area (Å²) >= 11 is 3.58. The first kappa shape index (κ1) is 15.8. The van der Waals surface area contributed by atoms with E-state index in [0.717, 1.165) is 9.13 Å². The minimum Gasteiger partial charge on any atom is -0.478 e. The third kappa shape index (κ3) is 4.18. The number of halogens is 1. The molecular formula is C14H13IN2O3S. The maximum absolute atomic E-state index is 12.0. The van der Waals surface area contributed by atoms with Crippen LogP contribution in [-0.4, -0.2) is 17.1 Å². The summed E-state index contributed by atoms with van der Waals surface area (Å²) in [5, 5.41) is 18.4. The summed E-state index contributed by atoms with van der Waals surface area (Å²) in [6.45, 7) is 1.87. The molecule has 1 unspecified atom stereocenters. The molecule has 2 rings (SSSR count). The summed E-state index contributed by atoms with van der Waals surface area (Å²) in [5.74, 6) is -1.07. The second-order valence-electron chi connectivity index (χ2n) is 4.37. The highest BCUT2D eigenvalue weighted by Crippen LogP contribution is 2.20. The molecule has 21 heavy (non-hydrogen) atoms. The molecule has 0 aliphatic rings. The summed E-state index contributed by atoms with van der Waals surface area (Å²) in [7, 11) is 0. The van der Waals surface area contributed by atoms with Crippen LogP contribution >= 0.6 is 33.9 Å². The maximum atomic E-state index is 12.0. The minimum atomic E-state index is -1.07. The van der Waals surface area contributed by atoms with E-state index in [2.05, 4.69) is 10.6 Å². The summed E-state index contributed by atoms with van der Waals surface area (Å²) < 4.78 is 0.794. The van der Waals surface area contributed by atoms with E-state index in [9.17, 15) is 9.59 Å². The molecule has 0 saturated carbocycles. The third-order valence-electron chi connectivity index (χ3n) is 2.85. The number of urea groups is 1. The topological polar surface area (TPSA) is 78.4 Å². The van der Waals surface area contributed by atoms with Gasteiger partial charge in [0.05, 0.1) is 17.3 Å². The zero-order chi connectivity index (χ0) is 15.4. The predicted octanol–water partition coefficient (Wildman–Crippen LogP) is 3.93. The first-order valence-electron chi connectivity index (χ1n) is 6.10. The van der Waals surface area contributed by atoms with E-state index in [0.29, 0.717) is 0 Å². The molecule has 1 aromatic carbocycles. The molecule has 110 valence electrons. The normalized spacial score (nSPS) is 11.7. The molecule has 0 aliphatic carbocycles. The van der Waals surface area contributed by atoms with Gasteiger partial charge in [0.1, 0.15) is 0 Å². The quantitative estimate of drug-likeness (QED) is 0.661. The highest BCUT2D eigenvalue weighted by molar-refractivity contribution is 14.1. The molecule has 2 amide bonds. The molecular weight excluding hydrogens is 403 g/mol. The Balaban J connectivity index is 2.08. The second kappa shape index (κ2) is 6.90. The molecule has 1 atom stereocenters. The zero-order valence-corrected chi connectivity index (χ0v) is 14.1. The Morgan fingerprint density at radius 2 is 2.10 bits per heavy atom. The Labute approximate surface area is 139 Å². The Morgan fingerprint density at radius 1 is 1.33 bits per heavy atom. The number of carboxylic acid groups (broad SMARTS) is 1. The number of nitrogens with one attached hydrogen (secondary N) is 2. The standard InChI is InChI=1S/C14H13IN2O3S/c1-8(9-4-5-21-7-9)16-14(20)17-12-3-2-10(15)6-11(12)13(18)19/h2-8H,1H3,(H,18,19)(H2,16,17,20). The number of thiophene rings is 1. The summed E-state index contributed by atoms with van der Waals surface area (Å²) in [5.41, 5.74) is 1.36. The SMILES string of the molecule is CC(NC(=O)Nc1ccc(I)cc1C(=O)O)c1ccsc1. The molecule has 5 nitrogen and oxygen atoms in total. The van der Waals surface area contributed by atoms with Crippen LogP contribution in [0, 0.1) is 3.57 Å². The Hall–Kier alpha value is -1.61. The fourth-order valence-electron chi connectivity index (χ4n) is 1.76. The Bertz CT molecular complexity index is 658. The molecule has 1 heterocycles. The van der Waals surface area contributed by atoms with E-state index in [1.165, 1.54) is 6.07 Å². The molecule has 7 heteroatoms. The van der Waals surface area contributed by atoms with Crippen LogP contribution in [0.2, 0.25) is 0 Å². The largest absolute Gasteiger partial charge is 0.478 e. The number of carbonyl (C=O) groups excluding carboxylic acids is 1. The van der Waals surface area contributed by atoms with Gasteiger partial charge >= 0.3 is 12.0 Å². The van der Waals surface area contributed by atoms with Crippen LogP contribution in [0.25, 0.3) is 0 Å². The number of amides is 2. The maximum Gasteiger partial charge on any atom is 0.337 e. The van der Waals surface area contributed by atoms with Crippen molar-refractivity contribution in [1.29, 1.82) is 0 Å². The van der Waals surface area contributed by atoms with Crippen LogP contribution in [0.4, 0.5) is 10.5 Å². The Morgan fingerprint density at radius 3 is 2.71 bits per heavy atom. The second-order valence-corrected chi connectivity index (χ2v) is 6.40. The summed E-state index contributed by atoms with van der Waals surface area (Å²) in [4.78, 5) is 23.2. The number of benzene rings is 1. The van der Waals surface area contributed by atoms with Crippen molar-refractivity contribution in [3.63, 3.8) is 0 Å². The third-order valence-corrected chi connectivity index (χ3v) is 4.22. The first-order chi connectivity index (χ1) is 9.97. The van der Waals surface area contributed by atoms with E-state index in [1.54, 1.807) is 23.5 Å². The van der Waals surface area contributed by atoms with Crippen LogP contribution < -0.4 is 10.6 Å². The highest BCUT2D eigenvalue weighted by atomic mass is 127. The van der Waals surface area contributed by atoms with Crippen molar-refractivity contribution in [2.24, 2.45) is 0 Å². The number of aromatic carboxylic acids is 1. The van der Waals surface area contributed by atoms with Crippen molar-refractivity contribution in [2.75, 3.05) is 5.32 Å². The van der Waals surface area contributed by atoms with E-state index in [4.69, 9.17) is 5.11 Å². The van der Waals surface area contributed by atoms with Gasteiger partial charge in [-0.25, -0.2) is 9.59 Å². The van der Waals surface area contributed by atoms with E-state index in [1.807, 2.05) is 46.3 Å². The lowest BCUT2D eigenvalue weighted by molar-refractivity contribution is 0.0698. The van der Waals surface area contributed by atoms with Gasteiger partial charge in [0, 0.05) is 3.57 Å². The van der Waals surface area contributed by atoms with Crippen molar-refractivity contribution >= 4 is 51.6 Å². The van der Waals surface area contributed by atoms with E-state index in [-0.39, 0.29) is 17.3 Å². The van der Waals surface area contributed by atoms with Crippen molar-refractivity contribution < 1.29 is 14.7 Å². The van der Waals surface area contributed by atoms with Crippen molar-refractivity contribution in [3.8, 4) is 0 Å². The van der Waals surface area contributed by atoms with E-state index >= 15 is 0 Å². The lowest BCUT2D eigenvalue weighted by Crippen LogP contribution is -2.31. The van der Waals surface area contributed by atoms with Crippen LogP contribution in [0.5, 0.6) is 0 Å². The van der Waals surface area contributed by atoms with E-state index < -0.39 is 12.0 Å². The van der Waals surface area contributed by atoms with Gasteiger partial charge in [-0.2, -0.15) is 11.3 Å². The number of rotatable bonds is 4. The molecule has 2 aromatic rings. The smallest absolute Gasteiger partial charge is 0.337 e. The number of hydrogen-bond acceptors (Lipinski definition) is 3. The van der Waals surface area contributed by atoms with Crippen molar-refractivity contribution in [3.05, 3.63) is 49.7 Å². The van der Waals surface area contributed by atoms with Crippen LogP contribution in [0.15, 0.2) is 35.0 Å². The monoisotopic (exact) mass is 416 g/mol. The lowest BCUT2D eigenvalue weighted by atomic mass is 10.2. The van der Waals surface area contributed by atoms with Gasteiger partial charge in [0.2, 0.25) is 0 Å². The average molecular weight is 416 g/mol. The Kier molecular flexibility index (Phi) is 5.18. The van der Waals surface area contributed by atoms with Gasteiger partial charge in [-0.1, -0.05) is 0 Å². The summed E-state index contributed by atoms with van der Waals surface area (Å²) in [6.07, 6.45) is 0. The fraction of sp³-hybridized carbons (Fsp3) is 0.143. The van der Waals surface area contributed by atoms with Gasteiger partial charge in [-0.15, -0.1) is 0 Å². The first-order valence-corrected chi connectivity index (χ1v) is 8.12. The van der Waals surface area contributed by atoms with Gasteiger partial charge in [-0.05, 0) is 70.1 Å². The van der Waals surface area contributed by atoms with Crippen LogP contribution in [-0.2, 0) is 0 Å². The molecule has 0 bridgehead atoms. The van der Waals surface area contributed by atoms with Gasteiger partial charge in [0.15, 0.2) is 0 Å². The molecule has 0 radical (unpaired) electrons. The van der Waals surface area contributed by atoms with Gasteiger partial charge in [-0.3, -0.25) is 0 Å². The molecule has 0 fully saturated rings. The molecule has 0 aliphatic heterocycles. The number of anilines is 1. The zero-order valence-electron chi connectivity index (χ0n) is 11.1. The fourth-order valence-corrected chi connectivity index (χ4v) is 3.01. The molecule has 0 saturated heterocycles. The van der Waals surface area contributed by atoms with Crippen LogP contribution in [0.3, 0.4) is 0 Å².